The van der Waals surface area contributed by atoms with Crippen LogP contribution in [0.4, 0.5) is 0 Å². The maximum Gasteiger partial charge on any atom is 0.306 e. The van der Waals surface area contributed by atoms with Crippen molar-refractivity contribution in [3.8, 4) is 0 Å². The van der Waals surface area contributed by atoms with Gasteiger partial charge in [-0.25, -0.2) is 0 Å². The van der Waals surface area contributed by atoms with E-state index in [0.717, 1.165) is 70.6 Å². The van der Waals surface area contributed by atoms with E-state index in [1.165, 1.54) is 103 Å². The Hall–Kier alpha value is -1.32. The average molecular weight is 565 g/mol. The molecule has 0 saturated heterocycles. The lowest BCUT2D eigenvalue weighted by Gasteiger charge is -2.18. The van der Waals surface area contributed by atoms with Crippen LogP contribution in [-0.2, 0) is 14.3 Å². The summed E-state index contributed by atoms with van der Waals surface area (Å²) in [5, 5.41) is 8.72. The van der Waals surface area contributed by atoms with Gasteiger partial charge in [0.1, 0.15) is 6.10 Å². The molecule has 4 nitrogen and oxygen atoms in total. The standard InChI is InChI=1S/C36H68O4/c1-3-5-7-9-10-11-12-13-14-15-16-17-18-19-20-25-29-33-36(39)40-34(30-26-8-6-4-2)31-27-23-21-22-24-28-32-35(37)38/h13-14,34H,3-12,15-33H2,1-2H3,(H,37,38)/b14-13-. The van der Waals surface area contributed by atoms with Gasteiger partial charge in [-0.15, -0.1) is 0 Å². The number of hydrogen-bond donors (Lipinski definition) is 1. The Balaban J connectivity index is 3.77. The smallest absolute Gasteiger partial charge is 0.306 e. The van der Waals surface area contributed by atoms with Crippen molar-refractivity contribution >= 4 is 11.9 Å². The first-order chi connectivity index (χ1) is 19.6. The van der Waals surface area contributed by atoms with Crippen molar-refractivity contribution in [1.82, 2.24) is 0 Å². The van der Waals surface area contributed by atoms with Gasteiger partial charge in [-0.05, 0) is 64.2 Å². The number of ether oxygens (including phenoxy) is 1. The number of carboxylic acids is 1. The van der Waals surface area contributed by atoms with Crippen molar-refractivity contribution in [2.45, 2.75) is 206 Å². The molecule has 0 saturated carbocycles. The van der Waals surface area contributed by atoms with Gasteiger partial charge in [0, 0.05) is 12.8 Å². The minimum Gasteiger partial charge on any atom is -0.481 e. The Morgan fingerprint density at radius 1 is 0.525 bits per heavy atom. The van der Waals surface area contributed by atoms with Crippen LogP contribution in [0.15, 0.2) is 12.2 Å². The third kappa shape index (κ3) is 31.2. The minimum atomic E-state index is -0.694. The van der Waals surface area contributed by atoms with E-state index in [1.54, 1.807) is 0 Å². The lowest BCUT2D eigenvalue weighted by atomic mass is 10.0. The highest BCUT2D eigenvalue weighted by molar-refractivity contribution is 5.69. The van der Waals surface area contributed by atoms with Gasteiger partial charge >= 0.3 is 11.9 Å². The van der Waals surface area contributed by atoms with Gasteiger partial charge in [0.25, 0.3) is 0 Å². The molecule has 4 heteroatoms. The predicted molar refractivity (Wildman–Crippen MR) is 172 cm³/mol. The number of carboxylic acid groups (broad SMARTS) is 1. The number of allylic oxidation sites excluding steroid dienone is 2. The summed E-state index contributed by atoms with van der Waals surface area (Å²) in [4.78, 5) is 23.1. The minimum absolute atomic E-state index is 0.00177. The van der Waals surface area contributed by atoms with E-state index in [0.29, 0.717) is 6.42 Å². The number of carbonyl (C=O) groups excluding carboxylic acids is 1. The molecule has 0 aliphatic carbocycles. The molecule has 0 fully saturated rings. The summed E-state index contributed by atoms with van der Waals surface area (Å²) in [5.41, 5.74) is 0. The number of hydrogen-bond acceptors (Lipinski definition) is 3. The third-order valence-electron chi connectivity index (χ3n) is 7.99. The lowest BCUT2D eigenvalue weighted by molar-refractivity contribution is -0.150. The summed E-state index contributed by atoms with van der Waals surface area (Å²) in [7, 11) is 0. The van der Waals surface area contributed by atoms with E-state index >= 15 is 0 Å². The molecule has 0 spiro atoms. The van der Waals surface area contributed by atoms with E-state index in [-0.39, 0.29) is 18.5 Å². The Bertz CT molecular complexity index is 571. The molecule has 0 amide bonds. The number of rotatable bonds is 32. The Morgan fingerprint density at radius 3 is 1.38 bits per heavy atom. The molecule has 1 N–H and O–H groups in total. The molecule has 0 aliphatic heterocycles. The Labute approximate surface area is 249 Å². The quantitative estimate of drug-likeness (QED) is 0.0501. The van der Waals surface area contributed by atoms with E-state index in [1.807, 2.05) is 0 Å². The van der Waals surface area contributed by atoms with Crippen molar-refractivity contribution in [2.24, 2.45) is 0 Å². The van der Waals surface area contributed by atoms with Crippen LogP contribution in [0.3, 0.4) is 0 Å². The average Bonchev–Trinajstić information content (AvgIpc) is 2.93. The molecule has 40 heavy (non-hydrogen) atoms. The topological polar surface area (TPSA) is 63.6 Å². The Morgan fingerprint density at radius 2 is 0.900 bits per heavy atom. The van der Waals surface area contributed by atoms with Crippen LogP contribution in [0.1, 0.15) is 200 Å². The number of aliphatic carboxylic acids is 1. The maximum atomic E-state index is 12.5. The molecule has 0 heterocycles. The highest BCUT2D eigenvalue weighted by atomic mass is 16.5. The predicted octanol–water partition coefficient (Wildman–Crippen LogP) is 11.9. The first-order valence-electron chi connectivity index (χ1n) is 17.7. The summed E-state index contributed by atoms with van der Waals surface area (Å²) >= 11 is 0. The number of carbonyl (C=O) groups is 2. The van der Waals surface area contributed by atoms with Gasteiger partial charge < -0.3 is 9.84 Å². The molecular formula is C36H68O4. The van der Waals surface area contributed by atoms with Gasteiger partial charge in [-0.1, -0.05) is 135 Å². The van der Waals surface area contributed by atoms with Crippen LogP contribution in [0.5, 0.6) is 0 Å². The van der Waals surface area contributed by atoms with Gasteiger partial charge in [0.05, 0.1) is 0 Å². The molecule has 0 aliphatic rings. The van der Waals surface area contributed by atoms with Gasteiger partial charge in [0.2, 0.25) is 0 Å². The largest absolute Gasteiger partial charge is 0.481 e. The molecule has 0 radical (unpaired) electrons. The van der Waals surface area contributed by atoms with Crippen LogP contribution < -0.4 is 0 Å². The molecule has 0 rings (SSSR count). The van der Waals surface area contributed by atoms with Crippen molar-refractivity contribution < 1.29 is 19.4 Å². The fourth-order valence-corrected chi connectivity index (χ4v) is 5.35. The van der Waals surface area contributed by atoms with Crippen LogP contribution in [0, 0.1) is 0 Å². The molecule has 0 bridgehead atoms. The summed E-state index contributed by atoms with van der Waals surface area (Å²) < 4.78 is 5.92. The second-order valence-electron chi connectivity index (χ2n) is 12.1. The molecule has 1 atom stereocenters. The molecule has 236 valence electrons. The van der Waals surface area contributed by atoms with Crippen LogP contribution in [0.2, 0.25) is 0 Å². The summed E-state index contributed by atoms with van der Waals surface area (Å²) in [6, 6.07) is 0. The number of unbranched alkanes of at least 4 members (excludes halogenated alkanes) is 21. The maximum absolute atomic E-state index is 12.5. The van der Waals surface area contributed by atoms with Crippen LogP contribution in [-0.4, -0.2) is 23.1 Å². The summed E-state index contributed by atoms with van der Waals surface area (Å²) in [6.07, 6.45) is 38.1. The summed E-state index contributed by atoms with van der Waals surface area (Å²) in [5.74, 6) is -0.692. The first-order valence-corrected chi connectivity index (χ1v) is 17.7. The van der Waals surface area contributed by atoms with Gasteiger partial charge in [-0.3, -0.25) is 9.59 Å². The molecule has 1 unspecified atom stereocenters. The highest BCUT2D eigenvalue weighted by Gasteiger charge is 2.14. The molecule has 0 aromatic carbocycles. The zero-order valence-corrected chi connectivity index (χ0v) is 26.9. The van der Waals surface area contributed by atoms with Crippen molar-refractivity contribution in [3.63, 3.8) is 0 Å². The van der Waals surface area contributed by atoms with E-state index in [4.69, 9.17) is 9.84 Å². The lowest BCUT2D eigenvalue weighted by Crippen LogP contribution is -2.18. The fourth-order valence-electron chi connectivity index (χ4n) is 5.35. The van der Waals surface area contributed by atoms with Crippen molar-refractivity contribution in [2.75, 3.05) is 0 Å². The second kappa shape index (κ2) is 32.2. The van der Waals surface area contributed by atoms with Crippen LogP contribution >= 0.6 is 0 Å². The highest BCUT2D eigenvalue weighted by Crippen LogP contribution is 2.18. The normalized spacial score (nSPS) is 12.2. The van der Waals surface area contributed by atoms with Crippen molar-refractivity contribution in [3.05, 3.63) is 12.2 Å². The molecule has 0 aromatic heterocycles. The third-order valence-corrected chi connectivity index (χ3v) is 7.99. The first kappa shape index (κ1) is 38.7. The zero-order chi connectivity index (χ0) is 29.4. The van der Waals surface area contributed by atoms with E-state index in [9.17, 15) is 9.59 Å². The second-order valence-corrected chi connectivity index (χ2v) is 12.1. The van der Waals surface area contributed by atoms with E-state index in [2.05, 4.69) is 26.0 Å². The number of esters is 1. The fraction of sp³-hybridized carbons (Fsp3) is 0.889. The summed E-state index contributed by atoms with van der Waals surface area (Å²) in [6.45, 7) is 4.50. The zero-order valence-electron chi connectivity index (χ0n) is 26.9. The van der Waals surface area contributed by atoms with Gasteiger partial charge in [-0.2, -0.15) is 0 Å². The van der Waals surface area contributed by atoms with Crippen molar-refractivity contribution in [1.29, 1.82) is 0 Å². The molecular weight excluding hydrogens is 496 g/mol. The molecule has 0 aromatic rings. The SMILES string of the molecule is CCCCCCCC/C=C\CCCCCCCCCC(=O)OC(CCCCCC)CCCCCCCCC(=O)O. The monoisotopic (exact) mass is 565 g/mol. The van der Waals surface area contributed by atoms with Crippen LogP contribution in [0.25, 0.3) is 0 Å². The van der Waals surface area contributed by atoms with E-state index < -0.39 is 5.97 Å². The Kier molecular flexibility index (Phi) is 31.1. The van der Waals surface area contributed by atoms with Gasteiger partial charge in [0.15, 0.2) is 0 Å².